The van der Waals surface area contributed by atoms with E-state index in [9.17, 15) is 9.59 Å². The molecule has 8 heteroatoms. The Hall–Kier alpha value is -2.06. The van der Waals surface area contributed by atoms with Crippen molar-refractivity contribution in [1.82, 2.24) is 9.97 Å². The lowest BCUT2D eigenvalue weighted by Crippen LogP contribution is -2.06. The van der Waals surface area contributed by atoms with Gasteiger partial charge in [-0.3, -0.25) is 0 Å². The molecule has 0 radical (unpaired) electrons. The standard InChI is InChI=1S/C6H4N2O4.2H2O/c9-5(10)3-1-7-4(2-8-3)6(11)12;;/h1-2H,(H,9,10)(H,11,12);2*1H2. The first-order valence-electron chi connectivity index (χ1n) is 2.90. The summed E-state index contributed by atoms with van der Waals surface area (Å²) >= 11 is 0. The SMILES string of the molecule is O.O.O=C(O)c1cnc(C(=O)O)cn1. The number of carboxylic acids is 2. The van der Waals surface area contributed by atoms with Crippen molar-refractivity contribution in [2.75, 3.05) is 0 Å². The van der Waals surface area contributed by atoms with E-state index >= 15 is 0 Å². The minimum atomic E-state index is -1.24. The molecular weight excluding hydrogens is 196 g/mol. The molecule has 0 atom stereocenters. The van der Waals surface area contributed by atoms with Crippen molar-refractivity contribution in [3.63, 3.8) is 0 Å². The molecule has 6 N–H and O–H groups in total. The maximum Gasteiger partial charge on any atom is 0.356 e. The number of rotatable bonds is 2. The van der Waals surface area contributed by atoms with Crippen LogP contribution in [0.3, 0.4) is 0 Å². The van der Waals surface area contributed by atoms with E-state index in [1.807, 2.05) is 0 Å². The van der Waals surface area contributed by atoms with E-state index < -0.39 is 11.9 Å². The molecule has 0 aliphatic rings. The molecule has 1 aromatic rings. The van der Waals surface area contributed by atoms with E-state index in [0.717, 1.165) is 12.4 Å². The first-order valence-corrected chi connectivity index (χ1v) is 2.90. The van der Waals surface area contributed by atoms with Gasteiger partial charge in [-0.05, 0) is 0 Å². The average Bonchev–Trinajstić information content (AvgIpc) is 2.04. The highest BCUT2D eigenvalue weighted by Gasteiger charge is 2.08. The van der Waals surface area contributed by atoms with Gasteiger partial charge < -0.3 is 21.2 Å². The van der Waals surface area contributed by atoms with Crippen molar-refractivity contribution in [2.45, 2.75) is 0 Å². The van der Waals surface area contributed by atoms with Gasteiger partial charge in [-0.2, -0.15) is 0 Å². The topological polar surface area (TPSA) is 163 Å². The molecule has 0 aromatic carbocycles. The molecule has 14 heavy (non-hydrogen) atoms. The Bertz CT molecular complexity index is 289. The average molecular weight is 204 g/mol. The first-order chi connectivity index (χ1) is 5.61. The number of hydrogen-bond donors (Lipinski definition) is 2. The van der Waals surface area contributed by atoms with Crippen molar-refractivity contribution >= 4 is 11.9 Å². The third-order valence-corrected chi connectivity index (χ3v) is 1.09. The van der Waals surface area contributed by atoms with Gasteiger partial charge in [-0.1, -0.05) is 0 Å². The van der Waals surface area contributed by atoms with Gasteiger partial charge in [0.25, 0.3) is 0 Å². The van der Waals surface area contributed by atoms with Crippen LogP contribution in [0.25, 0.3) is 0 Å². The molecule has 0 saturated carbocycles. The highest BCUT2D eigenvalue weighted by Crippen LogP contribution is 1.94. The largest absolute Gasteiger partial charge is 0.476 e. The van der Waals surface area contributed by atoms with Crippen molar-refractivity contribution in [1.29, 1.82) is 0 Å². The molecule has 0 aliphatic heterocycles. The van der Waals surface area contributed by atoms with E-state index in [2.05, 4.69) is 9.97 Å². The number of nitrogens with zero attached hydrogens (tertiary/aromatic N) is 2. The molecule has 0 spiro atoms. The quantitative estimate of drug-likeness (QED) is 0.578. The number of aromatic nitrogens is 2. The van der Waals surface area contributed by atoms with E-state index in [-0.39, 0.29) is 22.3 Å². The fourth-order valence-corrected chi connectivity index (χ4v) is 0.549. The Morgan fingerprint density at radius 2 is 1.21 bits per heavy atom. The molecule has 0 unspecified atom stereocenters. The summed E-state index contributed by atoms with van der Waals surface area (Å²) in [5.41, 5.74) is -0.556. The van der Waals surface area contributed by atoms with Crippen LogP contribution < -0.4 is 0 Å². The van der Waals surface area contributed by atoms with Crippen LogP contribution in [0.4, 0.5) is 0 Å². The molecule has 0 amide bonds. The predicted molar refractivity (Wildman–Crippen MR) is 43.2 cm³/mol. The maximum absolute atomic E-state index is 10.2. The van der Waals surface area contributed by atoms with Gasteiger partial charge >= 0.3 is 11.9 Å². The molecule has 8 nitrogen and oxygen atoms in total. The molecule has 1 aromatic heterocycles. The van der Waals surface area contributed by atoms with Gasteiger partial charge in [-0.15, -0.1) is 0 Å². The van der Waals surface area contributed by atoms with Crippen molar-refractivity contribution in [3.05, 3.63) is 23.8 Å². The predicted octanol–water partition coefficient (Wildman–Crippen LogP) is -1.78. The zero-order chi connectivity index (χ0) is 9.14. The summed E-state index contributed by atoms with van der Waals surface area (Å²) in [5, 5.41) is 16.7. The summed E-state index contributed by atoms with van der Waals surface area (Å²) in [6, 6.07) is 0. The molecular formula is C6H8N2O6. The third-order valence-electron chi connectivity index (χ3n) is 1.09. The normalized spacial score (nSPS) is 8.00. The Kier molecular flexibility index (Phi) is 5.75. The summed E-state index contributed by atoms with van der Waals surface area (Å²) in [7, 11) is 0. The van der Waals surface area contributed by atoms with E-state index in [4.69, 9.17) is 10.2 Å². The van der Waals surface area contributed by atoms with Gasteiger partial charge in [0.15, 0.2) is 11.4 Å². The number of hydrogen-bond acceptors (Lipinski definition) is 4. The van der Waals surface area contributed by atoms with Crippen LogP contribution in [0.1, 0.15) is 21.0 Å². The fourth-order valence-electron chi connectivity index (χ4n) is 0.549. The van der Waals surface area contributed by atoms with Crippen LogP contribution in [0.2, 0.25) is 0 Å². The second kappa shape index (κ2) is 5.56. The van der Waals surface area contributed by atoms with Crippen LogP contribution in [0, 0.1) is 0 Å². The van der Waals surface area contributed by atoms with E-state index in [0.29, 0.717) is 0 Å². The van der Waals surface area contributed by atoms with Gasteiger partial charge in [0.2, 0.25) is 0 Å². The van der Waals surface area contributed by atoms with Crippen LogP contribution in [-0.4, -0.2) is 43.1 Å². The summed E-state index contributed by atoms with van der Waals surface area (Å²) in [4.78, 5) is 27.2. The third kappa shape index (κ3) is 3.13. The van der Waals surface area contributed by atoms with Crippen LogP contribution >= 0.6 is 0 Å². The van der Waals surface area contributed by atoms with Crippen molar-refractivity contribution < 1.29 is 30.8 Å². The lowest BCUT2D eigenvalue weighted by molar-refractivity contribution is 0.0670. The second-order valence-corrected chi connectivity index (χ2v) is 1.90. The fraction of sp³-hybridized carbons (Fsp3) is 0. The van der Waals surface area contributed by atoms with Crippen molar-refractivity contribution in [2.24, 2.45) is 0 Å². The number of aromatic carboxylic acids is 2. The zero-order valence-corrected chi connectivity index (χ0v) is 6.76. The maximum atomic E-state index is 10.2. The number of carbonyl (C=O) groups is 2. The second-order valence-electron chi connectivity index (χ2n) is 1.90. The molecule has 0 aliphatic carbocycles. The lowest BCUT2D eigenvalue weighted by Gasteiger charge is -1.93. The molecule has 1 heterocycles. The molecule has 0 bridgehead atoms. The van der Waals surface area contributed by atoms with Crippen LogP contribution in [0.5, 0.6) is 0 Å². The first kappa shape index (κ1) is 14.5. The Morgan fingerprint density at radius 1 is 0.929 bits per heavy atom. The zero-order valence-electron chi connectivity index (χ0n) is 6.76. The molecule has 1 rings (SSSR count). The molecule has 78 valence electrons. The smallest absolute Gasteiger partial charge is 0.356 e. The summed E-state index contributed by atoms with van der Waals surface area (Å²) in [5.74, 6) is -2.47. The number of carboxylic acid groups (broad SMARTS) is 2. The van der Waals surface area contributed by atoms with E-state index in [1.54, 1.807) is 0 Å². The van der Waals surface area contributed by atoms with Gasteiger partial charge in [-0.25, -0.2) is 19.6 Å². The van der Waals surface area contributed by atoms with Crippen LogP contribution in [-0.2, 0) is 0 Å². The van der Waals surface area contributed by atoms with E-state index in [1.165, 1.54) is 0 Å². The minimum absolute atomic E-state index is 0. The van der Waals surface area contributed by atoms with Crippen LogP contribution in [0.15, 0.2) is 12.4 Å². The Labute approximate surface area is 77.5 Å². The highest BCUT2D eigenvalue weighted by molar-refractivity contribution is 5.87. The summed E-state index contributed by atoms with van der Waals surface area (Å²) in [6.07, 6.45) is 1.79. The van der Waals surface area contributed by atoms with Gasteiger partial charge in [0.05, 0.1) is 12.4 Å². The summed E-state index contributed by atoms with van der Waals surface area (Å²) in [6.45, 7) is 0. The minimum Gasteiger partial charge on any atom is -0.476 e. The van der Waals surface area contributed by atoms with Gasteiger partial charge in [0.1, 0.15) is 0 Å². The molecule has 0 fully saturated rings. The monoisotopic (exact) mass is 204 g/mol. The Balaban J connectivity index is 0. The molecule has 0 saturated heterocycles. The lowest BCUT2D eigenvalue weighted by atomic mass is 10.4. The van der Waals surface area contributed by atoms with Crippen molar-refractivity contribution in [3.8, 4) is 0 Å². The van der Waals surface area contributed by atoms with Gasteiger partial charge in [0, 0.05) is 0 Å². The summed E-state index contributed by atoms with van der Waals surface area (Å²) < 4.78 is 0. The highest BCUT2D eigenvalue weighted by atomic mass is 16.4. The Morgan fingerprint density at radius 3 is 1.36 bits per heavy atom.